The maximum Gasteiger partial charge on any atom is 0.413 e. The molecule has 2 N–H and O–H groups in total. The van der Waals surface area contributed by atoms with Crippen molar-refractivity contribution in [3.05, 3.63) is 30.3 Å². The Morgan fingerprint density at radius 2 is 2.06 bits per heavy atom. The van der Waals surface area contributed by atoms with Crippen LogP contribution in [0.3, 0.4) is 0 Å². The third kappa shape index (κ3) is 2.60. The second-order valence-electron chi connectivity index (χ2n) is 4.02. The number of amides is 1. The van der Waals surface area contributed by atoms with Crippen molar-refractivity contribution in [2.45, 2.75) is 12.0 Å². The number of carbonyl (C=O) groups excluding carboxylic acids is 1. The summed E-state index contributed by atoms with van der Waals surface area (Å²) in [6.45, 7) is 0.254. The fourth-order valence-corrected chi connectivity index (χ4v) is 1.70. The predicted molar refractivity (Wildman–Crippen MR) is 61.4 cm³/mol. The Hall–Kier alpha value is -2.08. The van der Waals surface area contributed by atoms with Gasteiger partial charge in [-0.1, -0.05) is 18.2 Å². The second kappa shape index (κ2) is 5.05. The number of rotatable bonds is 3. The molecule has 0 aliphatic carbocycles. The number of benzene rings is 1. The van der Waals surface area contributed by atoms with E-state index in [1.54, 1.807) is 30.3 Å². The van der Waals surface area contributed by atoms with Crippen LogP contribution in [0.5, 0.6) is 5.75 Å². The van der Waals surface area contributed by atoms with E-state index in [1.165, 1.54) is 0 Å². The molecule has 18 heavy (non-hydrogen) atoms. The molecule has 1 atom stereocenters. The van der Waals surface area contributed by atoms with Gasteiger partial charge in [-0.05, 0) is 12.1 Å². The Morgan fingerprint density at radius 1 is 1.33 bits per heavy atom. The summed E-state index contributed by atoms with van der Waals surface area (Å²) < 4.78 is 10.0. The molecule has 1 saturated heterocycles. The fraction of sp³-hybridized carbons (Fsp3) is 0.333. The quantitative estimate of drug-likeness (QED) is 0.837. The van der Waals surface area contributed by atoms with Crippen molar-refractivity contribution in [2.24, 2.45) is 0 Å². The molecule has 1 heterocycles. The molecule has 1 aromatic rings. The Balaban J connectivity index is 2.00. The summed E-state index contributed by atoms with van der Waals surface area (Å²) in [7, 11) is 0. The van der Waals surface area contributed by atoms with E-state index < -0.39 is 17.6 Å². The van der Waals surface area contributed by atoms with Crippen LogP contribution in [0.25, 0.3) is 0 Å². The molecular weight excluding hydrogens is 238 g/mol. The highest BCUT2D eigenvalue weighted by Crippen LogP contribution is 2.19. The molecule has 0 bridgehead atoms. The molecule has 1 aliphatic rings. The highest BCUT2D eigenvalue weighted by Gasteiger charge is 2.44. The average Bonchev–Trinajstić information content (AvgIpc) is 2.80. The number of carbonyl (C=O) groups is 2. The lowest BCUT2D eigenvalue weighted by Gasteiger charge is -2.22. The van der Waals surface area contributed by atoms with Crippen LogP contribution in [0.1, 0.15) is 6.42 Å². The monoisotopic (exact) mass is 251 g/mol. The molecule has 1 fully saturated rings. The number of carboxylic acids is 1. The Kier molecular flexibility index (Phi) is 3.47. The molecule has 6 heteroatoms. The predicted octanol–water partition coefficient (Wildman–Crippen LogP) is 1.02. The number of ether oxygens (including phenoxy) is 2. The van der Waals surface area contributed by atoms with E-state index in [0.717, 1.165) is 0 Å². The number of hydrogen-bond acceptors (Lipinski definition) is 4. The Bertz CT molecular complexity index is 439. The Morgan fingerprint density at radius 3 is 2.61 bits per heavy atom. The third-order valence-corrected chi connectivity index (χ3v) is 2.73. The molecule has 0 saturated carbocycles. The van der Waals surface area contributed by atoms with Gasteiger partial charge in [-0.3, -0.25) is 0 Å². The van der Waals surface area contributed by atoms with Gasteiger partial charge in [-0.15, -0.1) is 0 Å². The van der Waals surface area contributed by atoms with Crippen LogP contribution in [0.2, 0.25) is 0 Å². The van der Waals surface area contributed by atoms with Crippen LogP contribution in [-0.4, -0.2) is 35.9 Å². The normalized spacial score (nSPS) is 22.4. The van der Waals surface area contributed by atoms with Crippen LogP contribution in [0.4, 0.5) is 4.79 Å². The van der Waals surface area contributed by atoms with Gasteiger partial charge in [0.15, 0.2) is 5.54 Å². The van der Waals surface area contributed by atoms with Crippen LogP contribution in [0, 0.1) is 0 Å². The molecule has 6 nitrogen and oxygen atoms in total. The van der Waals surface area contributed by atoms with Crippen molar-refractivity contribution < 1.29 is 24.2 Å². The number of nitrogens with one attached hydrogen (secondary N) is 1. The zero-order valence-electron chi connectivity index (χ0n) is 9.59. The first-order chi connectivity index (χ1) is 8.62. The molecule has 0 spiro atoms. The van der Waals surface area contributed by atoms with Gasteiger partial charge in [0.1, 0.15) is 5.75 Å². The molecule has 1 unspecified atom stereocenters. The van der Waals surface area contributed by atoms with E-state index >= 15 is 0 Å². The first-order valence-corrected chi connectivity index (χ1v) is 5.49. The third-order valence-electron chi connectivity index (χ3n) is 2.73. The summed E-state index contributed by atoms with van der Waals surface area (Å²) in [6.07, 6.45) is -0.569. The van der Waals surface area contributed by atoms with Crippen molar-refractivity contribution in [3.8, 4) is 5.75 Å². The number of hydrogen-bond donors (Lipinski definition) is 2. The van der Waals surface area contributed by atoms with Gasteiger partial charge >= 0.3 is 12.1 Å². The largest absolute Gasteiger partial charge is 0.479 e. The van der Waals surface area contributed by atoms with Gasteiger partial charge in [0.2, 0.25) is 0 Å². The zero-order valence-corrected chi connectivity index (χ0v) is 9.59. The van der Waals surface area contributed by atoms with Gasteiger partial charge in [0, 0.05) is 13.0 Å². The Labute approximate surface area is 104 Å². The smallest absolute Gasteiger partial charge is 0.413 e. The minimum Gasteiger partial charge on any atom is -0.479 e. The minimum absolute atomic E-state index is 0.0494. The van der Waals surface area contributed by atoms with Crippen molar-refractivity contribution in [1.29, 1.82) is 0 Å². The summed E-state index contributed by atoms with van der Waals surface area (Å²) in [6, 6.07) is 8.44. The van der Waals surface area contributed by atoms with Gasteiger partial charge in [0.05, 0.1) is 6.61 Å². The number of carboxylic acid groups (broad SMARTS) is 1. The van der Waals surface area contributed by atoms with Crippen LogP contribution in [-0.2, 0) is 9.53 Å². The molecule has 1 amide bonds. The standard InChI is InChI=1S/C12H13NO5/c14-10(15)12(6-7-17-8-12)13-11(16)18-9-4-2-1-3-5-9/h1-5H,6-8H2,(H,13,16)(H,14,15). The zero-order chi connectivity index (χ0) is 13.0. The molecule has 0 aromatic heterocycles. The molecule has 1 aromatic carbocycles. The minimum atomic E-state index is -1.38. The topological polar surface area (TPSA) is 84.9 Å². The van der Waals surface area contributed by atoms with E-state index in [2.05, 4.69) is 5.32 Å². The highest BCUT2D eigenvalue weighted by atomic mass is 16.6. The van der Waals surface area contributed by atoms with Crippen molar-refractivity contribution in [1.82, 2.24) is 5.32 Å². The van der Waals surface area contributed by atoms with E-state index in [4.69, 9.17) is 14.6 Å². The lowest BCUT2D eigenvalue weighted by molar-refractivity contribution is -0.144. The maximum absolute atomic E-state index is 11.6. The average molecular weight is 251 g/mol. The lowest BCUT2D eigenvalue weighted by atomic mass is 10.00. The van der Waals surface area contributed by atoms with E-state index in [1.807, 2.05) is 0 Å². The van der Waals surface area contributed by atoms with E-state index in [0.29, 0.717) is 12.4 Å². The van der Waals surface area contributed by atoms with Gasteiger partial charge in [-0.25, -0.2) is 9.59 Å². The molecule has 1 aliphatic heterocycles. The van der Waals surface area contributed by atoms with Crippen molar-refractivity contribution in [3.63, 3.8) is 0 Å². The summed E-state index contributed by atoms with van der Waals surface area (Å²) in [4.78, 5) is 22.8. The number of para-hydroxylation sites is 1. The molecule has 2 rings (SSSR count). The SMILES string of the molecule is O=C(NC1(C(=O)O)CCOC1)Oc1ccccc1. The van der Waals surface area contributed by atoms with Crippen LogP contribution in [0.15, 0.2) is 30.3 Å². The summed E-state index contributed by atoms with van der Waals surface area (Å²) >= 11 is 0. The van der Waals surface area contributed by atoms with Gasteiger partial charge in [-0.2, -0.15) is 0 Å². The van der Waals surface area contributed by atoms with E-state index in [-0.39, 0.29) is 13.0 Å². The van der Waals surface area contributed by atoms with Crippen molar-refractivity contribution >= 4 is 12.1 Å². The second-order valence-corrected chi connectivity index (χ2v) is 4.02. The molecular formula is C12H13NO5. The van der Waals surface area contributed by atoms with E-state index in [9.17, 15) is 9.59 Å². The van der Waals surface area contributed by atoms with Gasteiger partial charge in [0.25, 0.3) is 0 Å². The molecule has 0 radical (unpaired) electrons. The van der Waals surface area contributed by atoms with Crippen molar-refractivity contribution in [2.75, 3.05) is 13.2 Å². The highest BCUT2D eigenvalue weighted by molar-refractivity contribution is 5.85. The first kappa shape index (κ1) is 12.4. The van der Waals surface area contributed by atoms with Crippen LogP contribution >= 0.6 is 0 Å². The maximum atomic E-state index is 11.6. The van der Waals surface area contributed by atoms with Crippen LogP contribution < -0.4 is 10.1 Å². The fourth-order valence-electron chi connectivity index (χ4n) is 1.70. The summed E-state index contributed by atoms with van der Waals surface area (Å²) in [5, 5.41) is 11.5. The lowest BCUT2D eigenvalue weighted by Crippen LogP contribution is -2.55. The molecule has 96 valence electrons. The van der Waals surface area contributed by atoms with Gasteiger partial charge < -0.3 is 19.9 Å². The summed E-state index contributed by atoms with van der Waals surface area (Å²) in [5.74, 6) is -0.764. The first-order valence-electron chi connectivity index (χ1n) is 5.49. The number of aliphatic carboxylic acids is 1. The summed E-state index contributed by atoms with van der Waals surface area (Å²) in [5.41, 5.74) is -1.38.